The number of carbonyl (C=O) groups excluding carboxylic acids is 2. The number of rotatable bonds is 10. The molecule has 0 saturated carbocycles. The number of benzene rings is 1. The van der Waals surface area contributed by atoms with Gasteiger partial charge in [-0.05, 0) is 44.4 Å². The van der Waals surface area contributed by atoms with Gasteiger partial charge in [-0.15, -0.1) is 0 Å². The number of aryl methyl sites for hydroxylation is 1. The maximum atomic E-state index is 13.1. The lowest BCUT2D eigenvalue weighted by Gasteiger charge is -2.33. The first-order chi connectivity index (χ1) is 18.2. The molecule has 1 fully saturated rings. The Morgan fingerprint density at radius 1 is 1.21 bits per heavy atom. The van der Waals surface area contributed by atoms with Crippen molar-refractivity contribution < 1.29 is 19.5 Å². The molecular weight excluding hydrogens is 480 g/mol. The summed E-state index contributed by atoms with van der Waals surface area (Å²) in [5, 5.41) is 11.9. The Morgan fingerprint density at radius 3 is 2.63 bits per heavy atom. The molecule has 0 spiro atoms. The summed E-state index contributed by atoms with van der Waals surface area (Å²) < 4.78 is 0. The molecule has 8 nitrogen and oxygen atoms in total. The average Bonchev–Trinajstić information content (AvgIpc) is 3.05. The van der Waals surface area contributed by atoms with E-state index in [4.69, 9.17) is 5.11 Å². The van der Waals surface area contributed by atoms with E-state index in [-0.39, 0.29) is 30.7 Å². The van der Waals surface area contributed by atoms with E-state index in [0.29, 0.717) is 19.6 Å². The maximum Gasteiger partial charge on any atom is 0.303 e. The average molecular weight is 521 g/mol. The summed E-state index contributed by atoms with van der Waals surface area (Å²) in [4.78, 5) is 42.7. The fourth-order valence-corrected chi connectivity index (χ4v) is 5.24. The number of carboxylic acid groups (broad SMARTS) is 1. The lowest BCUT2D eigenvalue weighted by molar-refractivity contribution is -0.140. The van der Waals surface area contributed by atoms with Crippen LogP contribution in [0.2, 0.25) is 0 Å². The van der Waals surface area contributed by atoms with Crippen molar-refractivity contribution in [3.8, 4) is 0 Å². The van der Waals surface area contributed by atoms with Crippen molar-refractivity contribution >= 4 is 29.2 Å². The van der Waals surface area contributed by atoms with Gasteiger partial charge in [-0.3, -0.25) is 14.4 Å². The predicted octanol–water partition coefficient (Wildman–Crippen LogP) is 4.19. The highest BCUT2D eigenvalue weighted by Crippen LogP contribution is 2.34. The first-order valence-corrected chi connectivity index (χ1v) is 13.3. The maximum absolute atomic E-state index is 13.1. The minimum absolute atomic E-state index is 0.0373. The summed E-state index contributed by atoms with van der Waals surface area (Å²) >= 11 is 0. The van der Waals surface area contributed by atoms with Crippen LogP contribution in [0.1, 0.15) is 45.1 Å². The van der Waals surface area contributed by atoms with E-state index in [9.17, 15) is 14.4 Å². The third-order valence-corrected chi connectivity index (χ3v) is 7.29. The minimum atomic E-state index is -0.951. The summed E-state index contributed by atoms with van der Waals surface area (Å²) in [6.07, 6.45) is 8.89. The molecule has 0 aromatic heterocycles. The smallest absolute Gasteiger partial charge is 0.303 e. The normalized spacial score (nSPS) is 18.1. The number of carboxylic acids is 1. The summed E-state index contributed by atoms with van der Waals surface area (Å²) in [5.41, 5.74) is 5.68. The van der Waals surface area contributed by atoms with Crippen LogP contribution in [0, 0.1) is 6.92 Å². The molecule has 2 amide bonds. The molecule has 2 N–H and O–H groups in total. The highest BCUT2D eigenvalue weighted by Gasteiger charge is 2.33. The third kappa shape index (κ3) is 6.54. The molecule has 1 aromatic carbocycles. The van der Waals surface area contributed by atoms with Gasteiger partial charge in [-0.1, -0.05) is 43.9 Å². The second-order valence-corrected chi connectivity index (χ2v) is 9.70. The van der Waals surface area contributed by atoms with Gasteiger partial charge in [0.15, 0.2) is 0 Å². The zero-order valence-corrected chi connectivity index (χ0v) is 23.0. The molecule has 0 aliphatic carbocycles. The van der Waals surface area contributed by atoms with Crippen molar-refractivity contribution in [3.63, 3.8) is 0 Å². The Bertz CT molecular complexity index is 1170. The second-order valence-electron chi connectivity index (χ2n) is 9.70. The molecule has 0 radical (unpaired) electrons. The lowest BCUT2D eigenvalue weighted by Crippen LogP contribution is -2.37. The van der Waals surface area contributed by atoms with Crippen LogP contribution in [0.25, 0.3) is 0 Å². The SMILES string of the molecule is C=C/C=C\C1=C(C(CC)N(C)c2cc(N3CCCN(C(=O)CCC(=O)O)CC3)ccc2C)C(=O)N/C1=C/C. The number of hydrogen-bond donors (Lipinski definition) is 2. The van der Waals surface area contributed by atoms with E-state index in [1.54, 1.807) is 11.0 Å². The van der Waals surface area contributed by atoms with Crippen molar-refractivity contribution in [2.75, 3.05) is 43.0 Å². The van der Waals surface area contributed by atoms with Gasteiger partial charge in [0.2, 0.25) is 5.91 Å². The molecular formula is C30H40N4O4. The van der Waals surface area contributed by atoms with Crippen LogP contribution >= 0.6 is 0 Å². The molecule has 1 aromatic rings. The van der Waals surface area contributed by atoms with Gasteiger partial charge in [-0.25, -0.2) is 0 Å². The fraction of sp³-hybridized carbons (Fsp3) is 0.433. The molecule has 3 rings (SSSR count). The van der Waals surface area contributed by atoms with Crippen molar-refractivity contribution in [2.24, 2.45) is 0 Å². The molecule has 204 valence electrons. The van der Waals surface area contributed by atoms with Gasteiger partial charge < -0.3 is 25.1 Å². The summed E-state index contributed by atoms with van der Waals surface area (Å²) in [5.74, 6) is -1.13. The van der Waals surface area contributed by atoms with E-state index < -0.39 is 5.97 Å². The van der Waals surface area contributed by atoms with Gasteiger partial charge >= 0.3 is 5.97 Å². The minimum Gasteiger partial charge on any atom is -0.481 e. The van der Waals surface area contributed by atoms with Gasteiger partial charge in [0.1, 0.15) is 0 Å². The Labute approximate surface area is 226 Å². The topological polar surface area (TPSA) is 93.2 Å². The van der Waals surface area contributed by atoms with Crippen molar-refractivity contribution in [3.05, 3.63) is 71.5 Å². The summed E-state index contributed by atoms with van der Waals surface area (Å²) in [6, 6.07) is 6.25. The fourth-order valence-electron chi connectivity index (χ4n) is 5.24. The zero-order valence-electron chi connectivity index (χ0n) is 23.0. The molecule has 8 heteroatoms. The molecule has 2 aliphatic rings. The zero-order chi connectivity index (χ0) is 27.8. The molecule has 1 saturated heterocycles. The first kappa shape index (κ1) is 28.8. The lowest BCUT2D eigenvalue weighted by atomic mass is 9.96. The van der Waals surface area contributed by atoms with Gasteiger partial charge in [0.25, 0.3) is 5.91 Å². The van der Waals surface area contributed by atoms with E-state index >= 15 is 0 Å². The van der Waals surface area contributed by atoms with Crippen LogP contribution in [-0.4, -0.2) is 67.1 Å². The number of nitrogens with zero attached hydrogens (tertiary/aromatic N) is 3. The van der Waals surface area contributed by atoms with Gasteiger partial charge in [0.05, 0.1) is 12.5 Å². The number of carbonyl (C=O) groups is 3. The van der Waals surface area contributed by atoms with E-state index in [2.05, 4.69) is 53.7 Å². The quantitative estimate of drug-likeness (QED) is 0.450. The third-order valence-electron chi connectivity index (χ3n) is 7.29. The number of allylic oxidation sites excluding steroid dienone is 4. The number of aliphatic carboxylic acids is 1. The Kier molecular flexibility index (Phi) is 9.93. The largest absolute Gasteiger partial charge is 0.481 e. The second kappa shape index (κ2) is 13.1. The molecule has 1 atom stereocenters. The standard InChI is InChI=1S/C30H40N4O4/c1-6-9-11-23-24(7-2)31-30(38)29(23)25(8-3)32(5)26-20-22(13-12-21(26)4)33-16-10-17-34(19-18-33)27(35)14-15-28(36)37/h6-7,9,11-13,20,25H,1,8,10,14-19H2,2-5H3,(H,31,38)(H,36,37)/b11-9-,24-7+. The van der Waals surface area contributed by atoms with E-state index in [1.165, 1.54) is 0 Å². The number of amides is 2. The molecule has 1 unspecified atom stereocenters. The van der Waals surface area contributed by atoms with Crippen LogP contribution in [0.5, 0.6) is 0 Å². The highest BCUT2D eigenvalue weighted by atomic mass is 16.4. The molecule has 2 heterocycles. The highest BCUT2D eigenvalue weighted by molar-refractivity contribution is 6.02. The summed E-state index contributed by atoms with van der Waals surface area (Å²) in [6.45, 7) is 12.5. The van der Waals surface area contributed by atoms with Crippen LogP contribution in [0.4, 0.5) is 11.4 Å². The van der Waals surface area contributed by atoms with Gasteiger partial charge in [0, 0.05) is 67.9 Å². The van der Waals surface area contributed by atoms with Crippen molar-refractivity contribution in [2.45, 2.75) is 52.5 Å². The van der Waals surface area contributed by atoms with Crippen LogP contribution in [0.15, 0.2) is 65.9 Å². The Morgan fingerprint density at radius 2 is 1.97 bits per heavy atom. The number of nitrogens with one attached hydrogen (secondary N) is 1. The van der Waals surface area contributed by atoms with Crippen LogP contribution in [-0.2, 0) is 14.4 Å². The van der Waals surface area contributed by atoms with Crippen molar-refractivity contribution in [1.29, 1.82) is 0 Å². The van der Waals surface area contributed by atoms with Crippen molar-refractivity contribution in [1.82, 2.24) is 10.2 Å². The first-order valence-electron chi connectivity index (χ1n) is 13.3. The van der Waals surface area contributed by atoms with Gasteiger partial charge in [-0.2, -0.15) is 0 Å². The Hall–Kier alpha value is -3.81. The van der Waals surface area contributed by atoms with Crippen LogP contribution in [0.3, 0.4) is 0 Å². The molecule has 2 aliphatic heterocycles. The monoisotopic (exact) mass is 520 g/mol. The molecule has 0 bridgehead atoms. The number of hydrogen-bond acceptors (Lipinski definition) is 5. The van der Waals surface area contributed by atoms with E-state index in [0.717, 1.165) is 53.2 Å². The van der Waals surface area contributed by atoms with E-state index in [1.807, 2.05) is 32.2 Å². The van der Waals surface area contributed by atoms with Crippen LogP contribution < -0.4 is 15.1 Å². The number of anilines is 2. The molecule has 38 heavy (non-hydrogen) atoms. The predicted molar refractivity (Wildman–Crippen MR) is 152 cm³/mol. The summed E-state index contributed by atoms with van der Waals surface area (Å²) in [7, 11) is 2.04. The Balaban J connectivity index is 1.86. The number of likely N-dealkylation sites (N-methyl/N-ethyl adjacent to an activating group) is 1.